The number of hydrazone groups is 1. The first-order valence-corrected chi connectivity index (χ1v) is 8.46. The van der Waals surface area contributed by atoms with Crippen molar-refractivity contribution in [1.29, 1.82) is 0 Å². The second-order valence-electron chi connectivity index (χ2n) is 5.91. The van der Waals surface area contributed by atoms with Crippen LogP contribution >= 0.6 is 11.6 Å². The van der Waals surface area contributed by atoms with E-state index >= 15 is 0 Å². The van der Waals surface area contributed by atoms with Crippen molar-refractivity contribution in [2.45, 2.75) is 19.8 Å². The number of nitrogens with one attached hydrogen (secondary N) is 1. The molecule has 1 fully saturated rings. The van der Waals surface area contributed by atoms with Gasteiger partial charge in [0.2, 0.25) is 0 Å². The second kappa shape index (κ2) is 7.49. The lowest BCUT2D eigenvalue weighted by atomic mass is 10.1. The lowest BCUT2D eigenvalue weighted by molar-refractivity contribution is 0.0955. The Morgan fingerprint density at radius 3 is 2.67 bits per heavy atom. The van der Waals surface area contributed by atoms with Gasteiger partial charge in [-0.25, -0.2) is 5.43 Å². The Hall–Kier alpha value is -2.33. The fourth-order valence-corrected chi connectivity index (χ4v) is 3.06. The Labute approximate surface area is 147 Å². The molecular formula is C19H20ClN3O. The largest absolute Gasteiger partial charge is 0.372 e. The molecule has 0 unspecified atom stereocenters. The van der Waals surface area contributed by atoms with Crippen molar-refractivity contribution >= 4 is 29.4 Å². The van der Waals surface area contributed by atoms with E-state index < -0.39 is 0 Å². The van der Waals surface area contributed by atoms with Gasteiger partial charge in [-0.15, -0.1) is 0 Å². The van der Waals surface area contributed by atoms with Crippen LogP contribution in [0, 0.1) is 6.92 Å². The molecule has 0 bridgehead atoms. The third-order valence-electron chi connectivity index (χ3n) is 4.21. The van der Waals surface area contributed by atoms with Crippen LogP contribution in [0.5, 0.6) is 0 Å². The van der Waals surface area contributed by atoms with Gasteiger partial charge in [-0.05, 0) is 55.2 Å². The highest BCUT2D eigenvalue weighted by Gasteiger charge is 2.12. The zero-order chi connectivity index (χ0) is 16.9. The number of benzene rings is 2. The maximum Gasteiger partial charge on any atom is 0.272 e. The predicted molar refractivity (Wildman–Crippen MR) is 99.1 cm³/mol. The molecule has 24 heavy (non-hydrogen) atoms. The van der Waals surface area contributed by atoms with E-state index in [2.05, 4.69) is 34.5 Å². The van der Waals surface area contributed by atoms with Gasteiger partial charge in [0, 0.05) is 18.8 Å². The Morgan fingerprint density at radius 1 is 1.21 bits per heavy atom. The molecule has 1 aliphatic rings. The molecule has 1 saturated heterocycles. The summed E-state index contributed by atoms with van der Waals surface area (Å²) in [6.07, 6.45) is 4.19. The van der Waals surface area contributed by atoms with E-state index in [0.29, 0.717) is 10.6 Å². The summed E-state index contributed by atoms with van der Waals surface area (Å²) in [5.41, 5.74) is 6.31. The second-order valence-corrected chi connectivity index (χ2v) is 6.32. The van der Waals surface area contributed by atoms with Crippen LogP contribution in [0.15, 0.2) is 47.6 Å². The lowest BCUT2D eigenvalue weighted by Gasteiger charge is -2.18. The Morgan fingerprint density at radius 2 is 1.96 bits per heavy atom. The molecule has 0 aromatic heterocycles. The number of aryl methyl sites for hydroxylation is 1. The molecule has 5 heteroatoms. The SMILES string of the molecule is Cc1cc(N2CCCC2)ccc1/C=N\NC(=O)c1ccccc1Cl. The van der Waals surface area contributed by atoms with Gasteiger partial charge in [0.1, 0.15) is 0 Å². The van der Waals surface area contributed by atoms with Crippen LogP contribution in [-0.2, 0) is 0 Å². The number of anilines is 1. The molecule has 0 atom stereocenters. The van der Waals surface area contributed by atoms with Crippen LogP contribution < -0.4 is 10.3 Å². The van der Waals surface area contributed by atoms with Crippen LogP contribution in [0.25, 0.3) is 0 Å². The van der Waals surface area contributed by atoms with E-state index in [1.54, 1.807) is 30.5 Å². The highest BCUT2D eigenvalue weighted by atomic mass is 35.5. The van der Waals surface area contributed by atoms with Crippen molar-refractivity contribution < 1.29 is 4.79 Å². The smallest absolute Gasteiger partial charge is 0.272 e. The molecule has 1 aliphatic heterocycles. The lowest BCUT2D eigenvalue weighted by Crippen LogP contribution is -2.18. The van der Waals surface area contributed by atoms with E-state index in [1.165, 1.54) is 18.5 Å². The number of hydrogen-bond donors (Lipinski definition) is 1. The van der Waals surface area contributed by atoms with Gasteiger partial charge in [-0.2, -0.15) is 5.10 Å². The minimum absolute atomic E-state index is 0.316. The molecule has 124 valence electrons. The molecule has 0 radical (unpaired) electrons. The molecule has 2 aromatic carbocycles. The Balaban J connectivity index is 1.66. The number of amides is 1. The maximum atomic E-state index is 12.1. The molecule has 1 amide bonds. The first-order valence-electron chi connectivity index (χ1n) is 8.09. The summed E-state index contributed by atoms with van der Waals surface area (Å²) in [4.78, 5) is 14.4. The summed E-state index contributed by atoms with van der Waals surface area (Å²) < 4.78 is 0. The van der Waals surface area contributed by atoms with E-state index in [0.717, 1.165) is 24.2 Å². The minimum Gasteiger partial charge on any atom is -0.372 e. The quantitative estimate of drug-likeness (QED) is 0.674. The fourth-order valence-electron chi connectivity index (χ4n) is 2.84. The summed E-state index contributed by atoms with van der Waals surface area (Å²) in [6.45, 7) is 4.30. The van der Waals surface area contributed by atoms with Gasteiger partial charge in [0.25, 0.3) is 5.91 Å². The number of carbonyl (C=O) groups is 1. The molecule has 0 aliphatic carbocycles. The Kier molecular flexibility index (Phi) is 5.16. The fraction of sp³-hybridized carbons (Fsp3) is 0.263. The van der Waals surface area contributed by atoms with Crippen LogP contribution in [0.4, 0.5) is 5.69 Å². The average Bonchev–Trinajstić information content (AvgIpc) is 3.11. The van der Waals surface area contributed by atoms with E-state index in [9.17, 15) is 4.79 Å². The van der Waals surface area contributed by atoms with Crippen molar-refractivity contribution in [2.75, 3.05) is 18.0 Å². The normalized spacial score (nSPS) is 14.3. The molecule has 1 N–H and O–H groups in total. The first kappa shape index (κ1) is 16.5. The minimum atomic E-state index is -0.316. The van der Waals surface area contributed by atoms with Crippen molar-refractivity contribution in [3.63, 3.8) is 0 Å². The summed E-state index contributed by atoms with van der Waals surface area (Å²) in [6, 6.07) is 13.2. The van der Waals surface area contributed by atoms with E-state index in [1.807, 2.05) is 6.07 Å². The van der Waals surface area contributed by atoms with Gasteiger partial charge >= 0.3 is 0 Å². The van der Waals surface area contributed by atoms with Gasteiger partial charge in [0.15, 0.2) is 0 Å². The van der Waals surface area contributed by atoms with Crippen molar-refractivity contribution in [2.24, 2.45) is 5.10 Å². The van der Waals surface area contributed by atoms with Crippen LogP contribution in [-0.4, -0.2) is 25.2 Å². The topological polar surface area (TPSA) is 44.7 Å². The molecule has 2 aromatic rings. The van der Waals surface area contributed by atoms with Crippen molar-refractivity contribution in [1.82, 2.24) is 5.43 Å². The van der Waals surface area contributed by atoms with Crippen LogP contribution in [0.3, 0.4) is 0 Å². The van der Waals surface area contributed by atoms with Gasteiger partial charge in [0.05, 0.1) is 16.8 Å². The van der Waals surface area contributed by atoms with Gasteiger partial charge < -0.3 is 4.90 Å². The molecule has 4 nitrogen and oxygen atoms in total. The number of rotatable bonds is 4. The highest BCUT2D eigenvalue weighted by molar-refractivity contribution is 6.33. The van der Waals surface area contributed by atoms with Crippen LogP contribution in [0.1, 0.15) is 34.3 Å². The maximum absolute atomic E-state index is 12.1. The number of carbonyl (C=O) groups excluding carboxylic acids is 1. The van der Waals surface area contributed by atoms with Crippen LogP contribution in [0.2, 0.25) is 5.02 Å². The van der Waals surface area contributed by atoms with Gasteiger partial charge in [-0.1, -0.05) is 29.8 Å². The highest BCUT2D eigenvalue weighted by Crippen LogP contribution is 2.22. The average molecular weight is 342 g/mol. The standard InChI is InChI=1S/C19H20ClN3O/c1-14-12-16(23-10-4-5-11-23)9-8-15(14)13-21-22-19(24)17-6-2-3-7-18(17)20/h2-3,6-9,12-13H,4-5,10-11H2,1H3,(H,22,24)/b21-13-. The molecule has 0 saturated carbocycles. The number of halogens is 1. The predicted octanol–water partition coefficient (Wildman–Crippen LogP) is 4.01. The number of hydrogen-bond acceptors (Lipinski definition) is 3. The van der Waals surface area contributed by atoms with Crippen molar-refractivity contribution in [3.8, 4) is 0 Å². The first-order chi connectivity index (χ1) is 11.6. The third kappa shape index (κ3) is 3.77. The molecule has 3 rings (SSSR count). The Bertz CT molecular complexity index is 767. The molecule has 0 spiro atoms. The van der Waals surface area contributed by atoms with Crippen molar-refractivity contribution in [3.05, 3.63) is 64.2 Å². The summed E-state index contributed by atoms with van der Waals surface area (Å²) in [5, 5.41) is 4.46. The summed E-state index contributed by atoms with van der Waals surface area (Å²) in [7, 11) is 0. The molecule has 1 heterocycles. The van der Waals surface area contributed by atoms with E-state index in [-0.39, 0.29) is 5.91 Å². The number of nitrogens with zero attached hydrogens (tertiary/aromatic N) is 2. The monoisotopic (exact) mass is 341 g/mol. The summed E-state index contributed by atoms with van der Waals surface area (Å²) >= 11 is 6.00. The van der Waals surface area contributed by atoms with Gasteiger partial charge in [-0.3, -0.25) is 4.79 Å². The molecular weight excluding hydrogens is 322 g/mol. The zero-order valence-electron chi connectivity index (χ0n) is 13.6. The zero-order valence-corrected chi connectivity index (χ0v) is 14.4. The van der Waals surface area contributed by atoms with E-state index in [4.69, 9.17) is 11.6 Å². The summed E-state index contributed by atoms with van der Waals surface area (Å²) in [5.74, 6) is -0.316. The third-order valence-corrected chi connectivity index (χ3v) is 4.54.